The summed E-state index contributed by atoms with van der Waals surface area (Å²) in [6, 6.07) is 0. The number of halogens is 4. The molecule has 0 spiro atoms. The standard InChI is InChI=1S/C9H9Cl2N3.2ClH/c10-7-6(3-1-2-4-12)5-14-9(13)8(7)11;;/h5H,2,4,12H2,(H2,13,14);2*1H. The number of nitrogens with zero attached hydrogens (tertiary/aromatic N) is 1. The van der Waals surface area contributed by atoms with Crippen molar-refractivity contribution in [3.05, 3.63) is 21.8 Å². The largest absolute Gasteiger partial charge is 0.382 e. The summed E-state index contributed by atoms with van der Waals surface area (Å²) in [5.41, 5.74) is 11.3. The Labute approximate surface area is 117 Å². The molecule has 1 heterocycles. The van der Waals surface area contributed by atoms with Crippen LogP contribution in [0.5, 0.6) is 0 Å². The average Bonchev–Trinajstić information content (AvgIpc) is 2.18. The summed E-state index contributed by atoms with van der Waals surface area (Å²) >= 11 is 11.7. The fourth-order valence-corrected chi connectivity index (χ4v) is 1.14. The van der Waals surface area contributed by atoms with Crippen molar-refractivity contribution in [2.24, 2.45) is 5.73 Å². The van der Waals surface area contributed by atoms with E-state index < -0.39 is 0 Å². The van der Waals surface area contributed by atoms with Gasteiger partial charge in [-0.1, -0.05) is 35.0 Å². The zero-order chi connectivity index (χ0) is 10.6. The van der Waals surface area contributed by atoms with E-state index >= 15 is 0 Å². The third kappa shape index (κ3) is 4.65. The SMILES string of the molecule is Cl.Cl.NCCC#Cc1cnc(N)c(Cl)c1Cl. The highest BCUT2D eigenvalue weighted by molar-refractivity contribution is 6.44. The van der Waals surface area contributed by atoms with Crippen LogP contribution >= 0.6 is 48.0 Å². The molecule has 7 heteroatoms. The molecule has 0 amide bonds. The van der Waals surface area contributed by atoms with E-state index in [4.69, 9.17) is 34.7 Å². The van der Waals surface area contributed by atoms with Crippen LogP contribution in [0.15, 0.2) is 6.20 Å². The van der Waals surface area contributed by atoms with Gasteiger partial charge in [0.2, 0.25) is 0 Å². The van der Waals surface area contributed by atoms with Crippen molar-refractivity contribution in [1.82, 2.24) is 4.98 Å². The van der Waals surface area contributed by atoms with Gasteiger partial charge in [-0.15, -0.1) is 24.8 Å². The smallest absolute Gasteiger partial charge is 0.143 e. The molecule has 1 rings (SSSR count). The third-order valence-corrected chi connectivity index (χ3v) is 2.35. The summed E-state index contributed by atoms with van der Waals surface area (Å²) < 4.78 is 0. The molecule has 0 radical (unpaired) electrons. The van der Waals surface area contributed by atoms with Gasteiger partial charge in [0.15, 0.2) is 0 Å². The van der Waals surface area contributed by atoms with Crippen molar-refractivity contribution < 1.29 is 0 Å². The van der Waals surface area contributed by atoms with Crippen LogP contribution in [-0.4, -0.2) is 11.5 Å². The summed E-state index contributed by atoms with van der Waals surface area (Å²) in [6.45, 7) is 0.515. The van der Waals surface area contributed by atoms with E-state index in [0.717, 1.165) is 0 Å². The zero-order valence-corrected chi connectivity index (χ0v) is 11.3. The lowest BCUT2D eigenvalue weighted by Gasteiger charge is -2.00. The van der Waals surface area contributed by atoms with Gasteiger partial charge in [-0.3, -0.25) is 0 Å². The van der Waals surface area contributed by atoms with E-state index in [2.05, 4.69) is 16.8 Å². The minimum Gasteiger partial charge on any atom is -0.382 e. The van der Waals surface area contributed by atoms with Gasteiger partial charge in [-0.05, 0) is 0 Å². The van der Waals surface area contributed by atoms with Crippen LogP contribution in [0.2, 0.25) is 10.0 Å². The van der Waals surface area contributed by atoms with Crippen LogP contribution in [0.1, 0.15) is 12.0 Å². The van der Waals surface area contributed by atoms with E-state index in [0.29, 0.717) is 23.6 Å². The molecule has 1 aromatic rings. The highest BCUT2D eigenvalue weighted by Gasteiger charge is 2.06. The predicted molar refractivity (Wildman–Crippen MR) is 73.7 cm³/mol. The molecule has 90 valence electrons. The second kappa shape index (κ2) is 8.74. The van der Waals surface area contributed by atoms with Gasteiger partial charge in [-0.25, -0.2) is 4.98 Å². The molecule has 3 nitrogen and oxygen atoms in total. The van der Waals surface area contributed by atoms with Crippen molar-refractivity contribution in [2.75, 3.05) is 12.3 Å². The fourth-order valence-electron chi connectivity index (χ4n) is 0.795. The maximum Gasteiger partial charge on any atom is 0.143 e. The maximum absolute atomic E-state index is 5.89. The van der Waals surface area contributed by atoms with E-state index in [1.54, 1.807) is 0 Å². The maximum atomic E-state index is 5.89. The van der Waals surface area contributed by atoms with Crippen LogP contribution in [0.4, 0.5) is 5.82 Å². The van der Waals surface area contributed by atoms with E-state index in [-0.39, 0.29) is 35.7 Å². The number of aromatic nitrogens is 1. The highest BCUT2D eigenvalue weighted by Crippen LogP contribution is 2.28. The minimum absolute atomic E-state index is 0. The number of hydrogen-bond acceptors (Lipinski definition) is 3. The normalized spacial score (nSPS) is 8.19. The van der Waals surface area contributed by atoms with Crippen molar-refractivity contribution in [3.63, 3.8) is 0 Å². The Morgan fingerprint density at radius 1 is 1.25 bits per heavy atom. The van der Waals surface area contributed by atoms with Gasteiger partial charge in [-0.2, -0.15) is 0 Å². The fraction of sp³-hybridized carbons (Fsp3) is 0.222. The molecule has 0 aliphatic carbocycles. The third-order valence-electron chi connectivity index (χ3n) is 1.48. The van der Waals surface area contributed by atoms with E-state index in [9.17, 15) is 0 Å². The van der Waals surface area contributed by atoms with Crippen molar-refractivity contribution in [3.8, 4) is 11.8 Å². The number of nitrogens with two attached hydrogens (primary N) is 2. The zero-order valence-electron chi connectivity index (χ0n) is 8.17. The molecule has 0 saturated heterocycles. The van der Waals surface area contributed by atoms with E-state index in [1.165, 1.54) is 6.20 Å². The lowest BCUT2D eigenvalue weighted by molar-refractivity contribution is 1.03. The number of hydrogen-bond donors (Lipinski definition) is 2. The Balaban J connectivity index is 0. The Kier molecular flexibility index (Phi) is 9.84. The molecular formula is C9H11Cl4N3. The number of nitrogen functional groups attached to an aromatic ring is 1. The molecule has 0 unspecified atom stereocenters. The molecule has 1 aromatic heterocycles. The molecule has 0 aliphatic heterocycles. The molecule has 0 aromatic carbocycles. The first-order valence-electron chi connectivity index (χ1n) is 3.95. The molecule has 0 fully saturated rings. The van der Waals surface area contributed by atoms with Crippen LogP contribution in [0.3, 0.4) is 0 Å². The number of pyridine rings is 1. The summed E-state index contributed by atoms with van der Waals surface area (Å²) in [4.78, 5) is 3.85. The monoisotopic (exact) mass is 301 g/mol. The van der Waals surface area contributed by atoms with Crippen molar-refractivity contribution in [2.45, 2.75) is 6.42 Å². The molecule has 4 N–H and O–H groups in total. The van der Waals surface area contributed by atoms with Gasteiger partial charge < -0.3 is 11.5 Å². The van der Waals surface area contributed by atoms with Crippen LogP contribution in [-0.2, 0) is 0 Å². The average molecular weight is 303 g/mol. The summed E-state index contributed by atoms with van der Waals surface area (Å²) in [5, 5.41) is 0.579. The molecule has 0 bridgehead atoms. The first kappa shape index (κ1) is 18.0. The quantitative estimate of drug-likeness (QED) is 0.784. The van der Waals surface area contributed by atoms with Crippen molar-refractivity contribution in [1.29, 1.82) is 0 Å². The van der Waals surface area contributed by atoms with E-state index in [1.807, 2.05) is 0 Å². The second-order valence-electron chi connectivity index (χ2n) is 2.53. The van der Waals surface area contributed by atoms with Crippen LogP contribution in [0.25, 0.3) is 0 Å². The second-order valence-corrected chi connectivity index (χ2v) is 3.28. The molecular weight excluding hydrogens is 292 g/mol. The van der Waals surface area contributed by atoms with Gasteiger partial charge >= 0.3 is 0 Å². The Morgan fingerprint density at radius 3 is 2.44 bits per heavy atom. The summed E-state index contributed by atoms with van der Waals surface area (Å²) in [7, 11) is 0. The van der Waals surface area contributed by atoms with Gasteiger partial charge in [0.1, 0.15) is 10.8 Å². The van der Waals surface area contributed by atoms with Crippen LogP contribution < -0.4 is 11.5 Å². The van der Waals surface area contributed by atoms with Gasteiger partial charge in [0.25, 0.3) is 0 Å². The molecule has 0 aliphatic rings. The highest BCUT2D eigenvalue weighted by atomic mass is 35.5. The summed E-state index contributed by atoms with van der Waals surface area (Å²) in [5.74, 6) is 5.87. The summed E-state index contributed by atoms with van der Waals surface area (Å²) in [6.07, 6.45) is 2.10. The first-order valence-corrected chi connectivity index (χ1v) is 4.70. The first-order chi connectivity index (χ1) is 6.66. The Hall–Kier alpha value is -0.370. The lowest BCUT2D eigenvalue weighted by atomic mass is 10.2. The number of anilines is 1. The topological polar surface area (TPSA) is 64.9 Å². The van der Waals surface area contributed by atoms with Crippen molar-refractivity contribution >= 4 is 53.8 Å². The van der Waals surface area contributed by atoms with Gasteiger partial charge in [0.05, 0.1) is 10.6 Å². The molecule has 16 heavy (non-hydrogen) atoms. The Morgan fingerprint density at radius 2 is 1.88 bits per heavy atom. The molecule has 0 saturated carbocycles. The predicted octanol–water partition coefficient (Wildman–Crippen LogP) is 2.51. The number of rotatable bonds is 1. The Bertz CT molecular complexity index is 398. The molecule has 0 atom stereocenters. The van der Waals surface area contributed by atoms with Crippen LogP contribution in [0, 0.1) is 11.8 Å². The van der Waals surface area contributed by atoms with Gasteiger partial charge in [0, 0.05) is 19.2 Å². The lowest BCUT2D eigenvalue weighted by Crippen LogP contribution is -1.96. The minimum atomic E-state index is 0.